The molecule has 0 bridgehead atoms. The summed E-state index contributed by atoms with van der Waals surface area (Å²) >= 11 is 0. The highest BCUT2D eigenvalue weighted by atomic mass is 15.3. The van der Waals surface area contributed by atoms with Crippen LogP contribution in [-0.4, -0.2) is 73.4 Å². The second kappa shape index (κ2) is 5.15. The van der Waals surface area contributed by atoms with Crippen LogP contribution < -0.4 is 0 Å². The van der Waals surface area contributed by atoms with Gasteiger partial charge in [-0.1, -0.05) is 0 Å². The summed E-state index contributed by atoms with van der Waals surface area (Å²) in [5, 5.41) is 7.97. The van der Waals surface area contributed by atoms with Gasteiger partial charge in [0.1, 0.15) is 0 Å². The standard InChI is InChI=1S/C12H24N4/c1-14-7-8-15(2)11(9-14)10-16-6-4-3-5-12(16)13/h11,13H,3-10H2,1-2H3. The van der Waals surface area contributed by atoms with Crippen molar-refractivity contribution in [2.24, 2.45) is 0 Å². The first-order valence-electron chi connectivity index (χ1n) is 6.38. The van der Waals surface area contributed by atoms with E-state index in [1.807, 2.05) is 0 Å². The number of hydrogen-bond donors (Lipinski definition) is 1. The summed E-state index contributed by atoms with van der Waals surface area (Å²) in [6.07, 6.45) is 3.44. The summed E-state index contributed by atoms with van der Waals surface area (Å²) in [4.78, 5) is 7.13. The van der Waals surface area contributed by atoms with Crippen LogP contribution in [0.2, 0.25) is 0 Å². The molecule has 0 radical (unpaired) electrons. The molecule has 1 atom stereocenters. The molecule has 0 aromatic rings. The van der Waals surface area contributed by atoms with Crippen LogP contribution in [-0.2, 0) is 0 Å². The number of likely N-dealkylation sites (tertiary alicyclic amines) is 1. The number of amidine groups is 1. The molecule has 0 aromatic heterocycles. The molecule has 2 aliphatic rings. The predicted octanol–water partition coefficient (Wildman–Crippen LogP) is 0.695. The van der Waals surface area contributed by atoms with Crippen molar-refractivity contribution in [2.45, 2.75) is 25.3 Å². The quantitative estimate of drug-likeness (QED) is 0.749. The maximum absolute atomic E-state index is 7.97. The summed E-state index contributed by atoms with van der Waals surface area (Å²) in [5.74, 6) is 0.855. The Morgan fingerprint density at radius 3 is 2.75 bits per heavy atom. The molecule has 0 amide bonds. The molecule has 1 unspecified atom stereocenters. The molecule has 0 saturated carbocycles. The molecular formula is C12H24N4. The lowest BCUT2D eigenvalue weighted by atomic mass is 10.1. The lowest BCUT2D eigenvalue weighted by Crippen LogP contribution is -2.55. The number of hydrogen-bond acceptors (Lipinski definition) is 3. The zero-order valence-corrected chi connectivity index (χ0v) is 10.6. The predicted molar refractivity (Wildman–Crippen MR) is 67.1 cm³/mol. The van der Waals surface area contributed by atoms with Crippen molar-refractivity contribution >= 4 is 5.84 Å². The molecule has 2 aliphatic heterocycles. The number of rotatable bonds is 2. The lowest BCUT2D eigenvalue weighted by Gasteiger charge is -2.41. The van der Waals surface area contributed by atoms with Gasteiger partial charge in [-0.25, -0.2) is 0 Å². The first-order valence-corrected chi connectivity index (χ1v) is 6.38. The lowest BCUT2D eigenvalue weighted by molar-refractivity contribution is 0.0959. The van der Waals surface area contributed by atoms with E-state index in [0.717, 1.165) is 38.4 Å². The summed E-state index contributed by atoms with van der Waals surface area (Å²) in [7, 11) is 4.41. The van der Waals surface area contributed by atoms with Crippen molar-refractivity contribution in [3.05, 3.63) is 0 Å². The molecule has 4 heteroatoms. The number of likely N-dealkylation sites (N-methyl/N-ethyl adjacent to an activating group) is 2. The molecule has 2 fully saturated rings. The zero-order chi connectivity index (χ0) is 11.5. The summed E-state index contributed by atoms with van der Waals surface area (Å²) in [6, 6.07) is 0.595. The molecule has 4 nitrogen and oxygen atoms in total. The third kappa shape index (κ3) is 2.74. The molecule has 0 aromatic carbocycles. The van der Waals surface area contributed by atoms with Crippen molar-refractivity contribution in [1.82, 2.24) is 14.7 Å². The maximum Gasteiger partial charge on any atom is 0.0958 e. The van der Waals surface area contributed by atoms with Crippen LogP contribution in [0.25, 0.3) is 0 Å². The fourth-order valence-corrected chi connectivity index (χ4v) is 2.64. The normalized spacial score (nSPS) is 29.8. The van der Waals surface area contributed by atoms with Crippen molar-refractivity contribution in [3.8, 4) is 0 Å². The van der Waals surface area contributed by atoms with Crippen LogP contribution in [0.3, 0.4) is 0 Å². The maximum atomic E-state index is 7.97. The minimum Gasteiger partial charge on any atom is -0.359 e. The van der Waals surface area contributed by atoms with E-state index >= 15 is 0 Å². The summed E-state index contributed by atoms with van der Waals surface area (Å²) in [6.45, 7) is 5.60. The van der Waals surface area contributed by atoms with Crippen LogP contribution in [0.5, 0.6) is 0 Å². The van der Waals surface area contributed by atoms with Gasteiger partial charge in [0.2, 0.25) is 0 Å². The largest absolute Gasteiger partial charge is 0.359 e. The average molecular weight is 224 g/mol. The highest BCUT2D eigenvalue weighted by molar-refractivity contribution is 5.79. The number of piperidine rings is 1. The average Bonchev–Trinajstić information content (AvgIpc) is 2.27. The van der Waals surface area contributed by atoms with E-state index in [-0.39, 0.29) is 0 Å². The van der Waals surface area contributed by atoms with Crippen molar-refractivity contribution in [1.29, 1.82) is 5.41 Å². The SMILES string of the molecule is CN1CCN(C)C(CN2CCCCC2=N)C1. The number of piperazine rings is 1. The van der Waals surface area contributed by atoms with Gasteiger partial charge in [-0.3, -0.25) is 10.3 Å². The van der Waals surface area contributed by atoms with Gasteiger partial charge in [0.15, 0.2) is 0 Å². The van der Waals surface area contributed by atoms with Crippen molar-refractivity contribution < 1.29 is 0 Å². The summed E-state index contributed by atoms with van der Waals surface area (Å²) < 4.78 is 0. The first-order chi connectivity index (χ1) is 7.66. The molecule has 2 saturated heterocycles. The Hall–Kier alpha value is -0.610. The highest BCUT2D eigenvalue weighted by Gasteiger charge is 2.26. The van der Waals surface area contributed by atoms with Gasteiger partial charge < -0.3 is 9.80 Å². The topological polar surface area (TPSA) is 33.6 Å². The Balaban J connectivity index is 1.89. The third-order valence-electron chi connectivity index (χ3n) is 3.88. The van der Waals surface area contributed by atoms with E-state index in [1.165, 1.54) is 19.4 Å². The Kier molecular flexibility index (Phi) is 3.82. The van der Waals surface area contributed by atoms with Crippen LogP contribution >= 0.6 is 0 Å². The fourth-order valence-electron chi connectivity index (χ4n) is 2.64. The van der Waals surface area contributed by atoms with E-state index < -0.39 is 0 Å². The van der Waals surface area contributed by atoms with E-state index in [9.17, 15) is 0 Å². The van der Waals surface area contributed by atoms with Gasteiger partial charge in [-0.15, -0.1) is 0 Å². The van der Waals surface area contributed by atoms with Crippen LogP contribution in [0.15, 0.2) is 0 Å². The van der Waals surface area contributed by atoms with Gasteiger partial charge in [0.05, 0.1) is 5.84 Å². The van der Waals surface area contributed by atoms with E-state index in [0.29, 0.717) is 6.04 Å². The van der Waals surface area contributed by atoms with Gasteiger partial charge in [-0.05, 0) is 26.9 Å². The Bertz CT molecular complexity index is 253. The minimum atomic E-state index is 0.595. The van der Waals surface area contributed by atoms with Crippen LogP contribution in [0.1, 0.15) is 19.3 Å². The van der Waals surface area contributed by atoms with Gasteiger partial charge in [-0.2, -0.15) is 0 Å². The molecular weight excluding hydrogens is 200 g/mol. The Labute approximate surface area is 98.7 Å². The smallest absolute Gasteiger partial charge is 0.0958 e. The molecule has 1 N–H and O–H groups in total. The molecule has 2 heterocycles. The Morgan fingerprint density at radius 1 is 1.19 bits per heavy atom. The highest BCUT2D eigenvalue weighted by Crippen LogP contribution is 2.14. The third-order valence-corrected chi connectivity index (χ3v) is 3.88. The number of nitrogens with one attached hydrogen (secondary N) is 1. The monoisotopic (exact) mass is 224 g/mol. The van der Waals surface area contributed by atoms with Crippen LogP contribution in [0, 0.1) is 5.41 Å². The van der Waals surface area contributed by atoms with E-state index in [1.54, 1.807) is 0 Å². The van der Waals surface area contributed by atoms with Crippen molar-refractivity contribution in [3.63, 3.8) is 0 Å². The molecule has 16 heavy (non-hydrogen) atoms. The van der Waals surface area contributed by atoms with Crippen LogP contribution in [0.4, 0.5) is 0 Å². The Morgan fingerprint density at radius 2 is 2.00 bits per heavy atom. The molecule has 92 valence electrons. The van der Waals surface area contributed by atoms with Gasteiger partial charge in [0, 0.05) is 45.2 Å². The summed E-state index contributed by atoms with van der Waals surface area (Å²) in [5.41, 5.74) is 0. The fraction of sp³-hybridized carbons (Fsp3) is 0.917. The van der Waals surface area contributed by atoms with Gasteiger partial charge in [0.25, 0.3) is 0 Å². The zero-order valence-electron chi connectivity index (χ0n) is 10.6. The molecule has 2 rings (SSSR count). The first kappa shape index (κ1) is 11.9. The second-order valence-electron chi connectivity index (χ2n) is 5.25. The van der Waals surface area contributed by atoms with E-state index in [4.69, 9.17) is 5.41 Å². The minimum absolute atomic E-state index is 0.595. The molecule has 0 spiro atoms. The number of nitrogens with zero attached hydrogens (tertiary/aromatic N) is 3. The van der Waals surface area contributed by atoms with Gasteiger partial charge >= 0.3 is 0 Å². The van der Waals surface area contributed by atoms with Crippen molar-refractivity contribution in [2.75, 3.05) is 46.8 Å². The second-order valence-corrected chi connectivity index (χ2v) is 5.25. The molecule has 0 aliphatic carbocycles. The van der Waals surface area contributed by atoms with E-state index in [2.05, 4.69) is 28.8 Å².